The van der Waals surface area contributed by atoms with Gasteiger partial charge in [0, 0.05) is 11.7 Å². The van der Waals surface area contributed by atoms with E-state index in [0.29, 0.717) is 6.04 Å². The molecular formula is C13H13N. The molecule has 0 radical (unpaired) electrons. The van der Waals surface area contributed by atoms with Crippen molar-refractivity contribution in [1.29, 1.82) is 0 Å². The van der Waals surface area contributed by atoms with Gasteiger partial charge in [0.05, 0.1) is 0 Å². The quantitative estimate of drug-likeness (QED) is 0.661. The van der Waals surface area contributed by atoms with Crippen LogP contribution < -0.4 is 5.32 Å². The first kappa shape index (κ1) is 7.86. The van der Waals surface area contributed by atoms with Gasteiger partial charge < -0.3 is 5.32 Å². The summed E-state index contributed by atoms with van der Waals surface area (Å²) in [6.07, 6.45) is 1.15. The van der Waals surface area contributed by atoms with Crippen LogP contribution in [0.3, 0.4) is 0 Å². The Morgan fingerprint density at radius 2 is 1.86 bits per heavy atom. The molecule has 1 unspecified atom stereocenters. The number of hydrogen-bond acceptors (Lipinski definition) is 1. The normalized spacial score (nSPS) is 19.4. The summed E-state index contributed by atoms with van der Waals surface area (Å²) in [5, 5.41) is 6.17. The first-order valence-corrected chi connectivity index (χ1v) is 5.11. The Balaban J connectivity index is 2.27. The van der Waals surface area contributed by atoms with E-state index < -0.39 is 0 Å². The molecule has 1 N–H and O–H groups in total. The highest BCUT2D eigenvalue weighted by Crippen LogP contribution is 2.30. The average molecular weight is 183 g/mol. The van der Waals surface area contributed by atoms with Crippen LogP contribution in [0.5, 0.6) is 0 Å². The van der Waals surface area contributed by atoms with Crippen LogP contribution >= 0.6 is 0 Å². The third-order valence-corrected chi connectivity index (χ3v) is 2.90. The fraction of sp³-hybridized carbons (Fsp3) is 0.231. The molecule has 3 rings (SSSR count). The first-order chi connectivity index (χ1) is 6.83. The second-order valence-corrected chi connectivity index (χ2v) is 4.11. The summed E-state index contributed by atoms with van der Waals surface area (Å²) in [5.74, 6) is 0. The van der Waals surface area contributed by atoms with Crippen LogP contribution in [-0.4, -0.2) is 6.04 Å². The van der Waals surface area contributed by atoms with Gasteiger partial charge in [0.1, 0.15) is 0 Å². The molecule has 1 aliphatic rings. The van der Waals surface area contributed by atoms with Gasteiger partial charge in [-0.05, 0) is 41.8 Å². The van der Waals surface area contributed by atoms with E-state index in [0.717, 1.165) is 6.42 Å². The Labute approximate surface area is 83.8 Å². The fourth-order valence-electron chi connectivity index (χ4n) is 2.24. The van der Waals surface area contributed by atoms with E-state index in [-0.39, 0.29) is 0 Å². The van der Waals surface area contributed by atoms with Crippen molar-refractivity contribution in [3.8, 4) is 0 Å². The molecule has 0 aliphatic carbocycles. The molecule has 0 fully saturated rings. The minimum Gasteiger partial charge on any atom is -0.382 e. The lowest BCUT2D eigenvalue weighted by molar-refractivity contribution is 0.839. The zero-order chi connectivity index (χ0) is 9.54. The van der Waals surface area contributed by atoms with Gasteiger partial charge in [0.15, 0.2) is 0 Å². The topological polar surface area (TPSA) is 12.0 Å². The average Bonchev–Trinajstić information content (AvgIpc) is 2.53. The molecule has 1 aliphatic heterocycles. The fourth-order valence-corrected chi connectivity index (χ4v) is 2.24. The predicted octanol–water partition coefficient (Wildman–Crippen LogP) is 3.20. The molecule has 0 spiro atoms. The lowest BCUT2D eigenvalue weighted by Gasteiger charge is -2.03. The van der Waals surface area contributed by atoms with E-state index in [9.17, 15) is 0 Å². The van der Waals surface area contributed by atoms with Crippen LogP contribution in [0.15, 0.2) is 36.4 Å². The van der Waals surface area contributed by atoms with Crippen molar-refractivity contribution < 1.29 is 0 Å². The van der Waals surface area contributed by atoms with Crippen molar-refractivity contribution in [3.63, 3.8) is 0 Å². The SMILES string of the molecule is CC1Cc2cc3ccccc3cc2N1. The van der Waals surface area contributed by atoms with E-state index in [4.69, 9.17) is 0 Å². The van der Waals surface area contributed by atoms with Gasteiger partial charge >= 0.3 is 0 Å². The molecule has 0 bridgehead atoms. The Hall–Kier alpha value is -1.50. The van der Waals surface area contributed by atoms with Gasteiger partial charge in [-0.2, -0.15) is 0 Å². The maximum Gasteiger partial charge on any atom is 0.0382 e. The lowest BCUT2D eigenvalue weighted by Crippen LogP contribution is -2.08. The summed E-state index contributed by atoms with van der Waals surface area (Å²) in [5.41, 5.74) is 2.77. The Morgan fingerprint density at radius 3 is 2.64 bits per heavy atom. The second kappa shape index (κ2) is 2.74. The molecule has 2 aromatic carbocycles. The van der Waals surface area contributed by atoms with Gasteiger partial charge in [-0.3, -0.25) is 0 Å². The van der Waals surface area contributed by atoms with Crippen LogP contribution in [-0.2, 0) is 6.42 Å². The Kier molecular flexibility index (Phi) is 1.54. The summed E-state index contributed by atoms with van der Waals surface area (Å²) >= 11 is 0. The first-order valence-electron chi connectivity index (χ1n) is 5.11. The summed E-state index contributed by atoms with van der Waals surface area (Å²) in [7, 11) is 0. The third-order valence-electron chi connectivity index (χ3n) is 2.90. The van der Waals surface area contributed by atoms with Gasteiger partial charge in [0.2, 0.25) is 0 Å². The van der Waals surface area contributed by atoms with Crippen molar-refractivity contribution >= 4 is 16.5 Å². The van der Waals surface area contributed by atoms with Crippen molar-refractivity contribution in [1.82, 2.24) is 0 Å². The summed E-state index contributed by atoms with van der Waals surface area (Å²) in [6, 6.07) is 13.7. The number of nitrogens with one attached hydrogen (secondary N) is 1. The van der Waals surface area contributed by atoms with Crippen LogP contribution in [0.1, 0.15) is 12.5 Å². The zero-order valence-electron chi connectivity index (χ0n) is 8.25. The standard InChI is InChI=1S/C13H13N/c1-9-6-12-7-10-4-2-3-5-11(10)8-13(12)14-9/h2-5,7-9,14H,6H2,1H3. The van der Waals surface area contributed by atoms with Gasteiger partial charge in [0.25, 0.3) is 0 Å². The van der Waals surface area contributed by atoms with Crippen LogP contribution in [0, 0.1) is 0 Å². The molecule has 2 aromatic rings. The smallest absolute Gasteiger partial charge is 0.0382 e. The predicted molar refractivity (Wildman–Crippen MR) is 60.7 cm³/mol. The summed E-state index contributed by atoms with van der Waals surface area (Å²) in [4.78, 5) is 0. The van der Waals surface area contributed by atoms with E-state index in [1.165, 1.54) is 22.0 Å². The van der Waals surface area contributed by atoms with Crippen molar-refractivity contribution in [2.45, 2.75) is 19.4 Å². The minimum atomic E-state index is 0.585. The summed E-state index contributed by atoms with van der Waals surface area (Å²) < 4.78 is 0. The van der Waals surface area contributed by atoms with E-state index in [1.807, 2.05) is 0 Å². The largest absolute Gasteiger partial charge is 0.382 e. The maximum absolute atomic E-state index is 3.49. The number of hydrogen-bond donors (Lipinski definition) is 1. The summed E-state index contributed by atoms with van der Waals surface area (Å²) in [6.45, 7) is 2.23. The highest BCUT2D eigenvalue weighted by atomic mass is 14.9. The Morgan fingerprint density at radius 1 is 1.14 bits per heavy atom. The molecule has 0 saturated carbocycles. The van der Waals surface area contributed by atoms with Crippen LogP contribution in [0.2, 0.25) is 0 Å². The molecule has 0 saturated heterocycles. The van der Waals surface area contributed by atoms with E-state index in [2.05, 4.69) is 48.6 Å². The van der Waals surface area contributed by atoms with Crippen molar-refractivity contribution in [3.05, 3.63) is 42.0 Å². The van der Waals surface area contributed by atoms with E-state index in [1.54, 1.807) is 0 Å². The Bertz CT molecular complexity index is 443. The highest BCUT2D eigenvalue weighted by Gasteiger charge is 2.16. The van der Waals surface area contributed by atoms with Crippen molar-refractivity contribution in [2.24, 2.45) is 0 Å². The highest BCUT2D eigenvalue weighted by molar-refractivity contribution is 5.88. The molecule has 1 heteroatoms. The minimum absolute atomic E-state index is 0.585. The molecule has 14 heavy (non-hydrogen) atoms. The number of rotatable bonds is 0. The van der Waals surface area contributed by atoms with Crippen LogP contribution in [0.25, 0.3) is 10.8 Å². The van der Waals surface area contributed by atoms with Crippen molar-refractivity contribution in [2.75, 3.05) is 5.32 Å². The second-order valence-electron chi connectivity index (χ2n) is 4.11. The molecule has 1 heterocycles. The maximum atomic E-state index is 3.49. The monoisotopic (exact) mass is 183 g/mol. The third kappa shape index (κ3) is 1.09. The molecule has 0 aromatic heterocycles. The van der Waals surface area contributed by atoms with Gasteiger partial charge in [-0.1, -0.05) is 24.3 Å². The molecule has 1 atom stereocenters. The molecule has 1 nitrogen and oxygen atoms in total. The number of anilines is 1. The number of benzene rings is 2. The van der Waals surface area contributed by atoms with Crippen LogP contribution in [0.4, 0.5) is 5.69 Å². The van der Waals surface area contributed by atoms with Gasteiger partial charge in [-0.25, -0.2) is 0 Å². The number of fused-ring (bicyclic) bond motifs is 2. The van der Waals surface area contributed by atoms with Gasteiger partial charge in [-0.15, -0.1) is 0 Å². The lowest BCUT2D eigenvalue weighted by atomic mass is 10.0. The molecule has 0 amide bonds. The van der Waals surface area contributed by atoms with E-state index >= 15 is 0 Å². The molecule has 70 valence electrons. The molecular weight excluding hydrogens is 170 g/mol. The zero-order valence-corrected chi connectivity index (χ0v) is 8.25.